The smallest absolute Gasteiger partial charge is 0.228 e. The predicted molar refractivity (Wildman–Crippen MR) is 105 cm³/mol. The van der Waals surface area contributed by atoms with E-state index in [-0.39, 0.29) is 17.9 Å². The zero-order valence-electron chi connectivity index (χ0n) is 15.4. The van der Waals surface area contributed by atoms with Crippen molar-refractivity contribution in [3.8, 4) is 0 Å². The Morgan fingerprint density at radius 1 is 1.04 bits per heavy atom. The number of carbonyl (C=O) groups excluding carboxylic acids is 2. The molecule has 2 aliphatic rings. The van der Waals surface area contributed by atoms with E-state index >= 15 is 0 Å². The lowest BCUT2D eigenvalue weighted by atomic mass is 10.00. The number of para-hydroxylation sites is 1. The molecule has 0 radical (unpaired) electrons. The van der Waals surface area contributed by atoms with Crippen LogP contribution in [0.4, 0.5) is 5.69 Å². The van der Waals surface area contributed by atoms with Crippen LogP contribution in [0.5, 0.6) is 0 Å². The van der Waals surface area contributed by atoms with Crippen molar-refractivity contribution in [1.29, 1.82) is 0 Å². The first-order valence-electron chi connectivity index (χ1n) is 9.64. The Morgan fingerprint density at radius 2 is 1.78 bits per heavy atom. The third-order valence-electron chi connectivity index (χ3n) is 5.45. The lowest BCUT2D eigenvalue weighted by Crippen LogP contribution is -2.39. The molecule has 4 rings (SSSR count). The van der Waals surface area contributed by atoms with E-state index in [4.69, 9.17) is 0 Å². The van der Waals surface area contributed by atoms with Crippen molar-refractivity contribution in [2.24, 2.45) is 0 Å². The van der Waals surface area contributed by atoms with Gasteiger partial charge in [-0.3, -0.25) is 9.59 Å². The van der Waals surface area contributed by atoms with E-state index in [0.29, 0.717) is 32.5 Å². The first-order valence-corrected chi connectivity index (χ1v) is 9.64. The zero-order valence-corrected chi connectivity index (χ0v) is 15.4. The number of nitrogens with one attached hydrogen (secondary N) is 1. The second-order valence-electron chi connectivity index (χ2n) is 7.28. The largest absolute Gasteiger partial charge is 0.338 e. The zero-order chi connectivity index (χ0) is 18.6. The van der Waals surface area contributed by atoms with Gasteiger partial charge < -0.3 is 15.1 Å². The van der Waals surface area contributed by atoms with Crippen LogP contribution in [-0.4, -0.2) is 42.4 Å². The third kappa shape index (κ3) is 4.03. The Hall–Kier alpha value is -2.66. The van der Waals surface area contributed by atoms with E-state index in [1.807, 2.05) is 46.2 Å². The fraction of sp³-hybridized carbons (Fsp3) is 0.364. The Kier molecular flexibility index (Phi) is 5.21. The fourth-order valence-corrected chi connectivity index (χ4v) is 3.95. The lowest BCUT2D eigenvalue weighted by molar-refractivity contribution is -0.132. The molecular formula is C22H25N3O2. The summed E-state index contributed by atoms with van der Waals surface area (Å²) in [5, 5.41) is 3.39. The van der Waals surface area contributed by atoms with Crippen LogP contribution >= 0.6 is 0 Å². The topological polar surface area (TPSA) is 52.7 Å². The van der Waals surface area contributed by atoms with Gasteiger partial charge in [0.05, 0.1) is 0 Å². The Balaban J connectivity index is 1.25. The van der Waals surface area contributed by atoms with E-state index in [2.05, 4.69) is 23.5 Å². The van der Waals surface area contributed by atoms with Crippen molar-refractivity contribution < 1.29 is 9.59 Å². The van der Waals surface area contributed by atoms with Gasteiger partial charge in [0.15, 0.2) is 0 Å². The van der Waals surface area contributed by atoms with Crippen LogP contribution in [0.2, 0.25) is 0 Å². The van der Waals surface area contributed by atoms with E-state index < -0.39 is 0 Å². The summed E-state index contributed by atoms with van der Waals surface area (Å²) in [5.41, 5.74) is 3.55. The molecule has 140 valence electrons. The molecule has 1 N–H and O–H groups in total. The molecule has 1 saturated heterocycles. The molecule has 2 aromatic rings. The number of benzene rings is 2. The van der Waals surface area contributed by atoms with Crippen LogP contribution in [0.15, 0.2) is 54.6 Å². The fourth-order valence-electron chi connectivity index (χ4n) is 3.95. The molecule has 0 saturated carbocycles. The molecule has 1 fully saturated rings. The van der Waals surface area contributed by atoms with E-state index in [1.165, 1.54) is 11.1 Å². The molecular weight excluding hydrogens is 338 g/mol. The van der Waals surface area contributed by atoms with Crippen LogP contribution in [-0.2, 0) is 22.6 Å². The summed E-state index contributed by atoms with van der Waals surface area (Å²) in [6.07, 6.45) is 1.89. The summed E-state index contributed by atoms with van der Waals surface area (Å²) in [6.45, 7) is 2.77. The van der Waals surface area contributed by atoms with Crippen molar-refractivity contribution in [3.05, 3.63) is 65.7 Å². The molecule has 0 bridgehead atoms. The van der Waals surface area contributed by atoms with Crippen LogP contribution < -0.4 is 10.2 Å². The summed E-state index contributed by atoms with van der Waals surface area (Å²) in [4.78, 5) is 28.6. The summed E-state index contributed by atoms with van der Waals surface area (Å²) >= 11 is 0. The van der Waals surface area contributed by atoms with Crippen LogP contribution in [0.1, 0.15) is 24.0 Å². The van der Waals surface area contributed by atoms with Crippen molar-refractivity contribution in [3.63, 3.8) is 0 Å². The number of rotatable bonds is 5. The maximum absolute atomic E-state index is 12.5. The molecule has 0 spiro atoms. The molecule has 0 unspecified atom stereocenters. The standard InChI is InChI=1S/C22H25N3O2/c26-21(24-13-11-17-6-4-5-7-18(17)15-24)10-12-23-19-14-22(27)25(16-19)20-8-2-1-3-9-20/h1-9,19,23H,10-16H2/t19-/m1/s1. The van der Waals surface area contributed by atoms with Gasteiger partial charge in [0.25, 0.3) is 0 Å². The highest BCUT2D eigenvalue weighted by molar-refractivity contribution is 5.96. The number of hydrogen-bond donors (Lipinski definition) is 1. The van der Waals surface area contributed by atoms with Gasteiger partial charge in [-0.05, 0) is 29.7 Å². The maximum atomic E-state index is 12.5. The van der Waals surface area contributed by atoms with Gasteiger partial charge in [0, 0.05) is 50.7 Å². The predicted octanol–water partition coefficient (Wildman–Crippen LogP) is 2.36. The molecule has 2 heterocycles. The van der Waals surface area contributed by atoms with Crippen molar-refractivity contribution in [1.82, 2.24) is 10.2 Å². The van der Waals surface area contributed by atoms with Gasteiger partial charge in [-0.15, -0.1) is 0 Å². The normalized spacial score (nSPS) is 19.3. The van der Waals surface area contributed by atoms with Crippen molar-refractivity contribution in [2.75, 3.05) is 24.5 Å². The highest BCUT2D eigenvalue weighted by Gasteiger charge is 2.30. The Bertz CT molecular complexity index is 821. The van der Waals surface area contributed by atoms with Crippen molar-refractivity contribution >= 4 is 17.5 Å². The first-order chi connectivity index (χ1) is 13.2. The first kappa shape index (κ1) is 17.7. The minimum absolute atomic E-state index is 0.104. The van der Waals surface area contributed by atoms with Gasteiger partial charge >= 0.3 is 0 Å². The van der Waals surface area contributed by atoms with Gasteiger partial charge in [0.1, 0.15) is 0 Å². The van der Waals surface area contributed by atoms with Crippen molar-refractivity contribution in [2.45, 2.75) is 31.8 Å². The van der Waals surface area contributed by atoms with Gasteiger partial charge in [-0.25, -0.2) is 0 Å². The van der Waals surface area contributed by atoms with Gasteiger partial charge in [-0.2, -0.15) is 0 Å². The lowest BCUT2D eigenvalue weighted by Gasteiger charge is -2.29. The van der Waals surface area contributed by atoms with Gasteiger partial charge in [-0.1, -0.05) is 42.5 Å². The average molecular weight is 363 g/mol. The molecule has 2 aliphatic heterocycles. The van der Waals surface area contributed by atoms with Gasteiger partial charge in [0.2, 0.25) is 11.8 Å². The molecule has 5 nitrogen and oxygen atoms in total. The number of hydrogen-bond acceptors (Lipinski definition) is 3. The second kappa shape index (κ2) is 7.92. The molecule has 27 heavy (non-hydrogen) atoms. The molecule has 2 aromatic carbocycles. The maximum Gasteiger partial charge on any atom is 0.228 e. The Morgan fingerprint density at radius 3 is 2.59 bits per heavy atom. The number of carbonyl (C=O) groups is 2. The SMILES string of the molecule is O=C(CCN[C@@H]1CC(=O)N(c2ccccc2)C1)N1CCc2ccccc2C1. The van der Waals surface area contributed by atoms with E-state index in [0.717, 1.165) is 18.7 Å². The quantitative estimate of drug-likeness (QED) is 0.887. The highest BCUT2D eigenvalue weighted by Crippen LogP contribution is 2.21. The number of nitrogens with zero attached hydrogens (tertiary/aromatic N) is 2. The Labute approximate surface area is 160 Å². The summed E-state index contributed by atoms with van der Waals surface area (Å²) in [6, 6.07) is 18.2. The van der Waals surface area contributed by atoms with Crippen LogP contribution in [0, 0.1) is 0 Å². The molecule has 5 heteroatoms. The molecule has 1 atom stereocenters. The summed E-state index contributed by atoms with van der Waals surface area (Å²) in [7, 11) is 0. The molecule has 2 amide bonds. The number of fused-ring (bicyclic) bond motifs is 1. The highest BCUT2D eigenvalue weighted by atomic mass is 16.2. The summed E-state index contributed by atoms with van der Waals surface area (Å²) < 4.78 is 0. The van der Waals surface area contributed by atoms with E-state index in [1.54, 1.807) is 0 Å². The molecule has 0 aromatic heterocycles. The minimum Gasteiger partial charge on any atom is -0.338 e. The number of amides is 2. The monoisotopic (exact) mass is 363 g/mol. The van der Waals surface area contributed by atoms with E-state index in [9.17, 15) is 9.59 Å². The van der Waals surface area contributed by atoms with Crippen LogP contribution in [0.3, 0.4) is 0 Å². The molecule has 0 aliphatic carbocycles. The number of anilines is 1. The average Bonchev–Trinajstić information content (AvgIpc) is 3.08. The van der Waals surface area contributed by atoms with Crippen LogP contribution in [0.25, 0.3) is 0 Å². The minimum atomic E-state index is 0.104. The second-order valence-corrected chi connectivity index (χ2v) is 7.28. The third-order valence-corrected chi connectivity index (χ3v) is 5.45. The summed E-state index contributed by atoms with van der Waals surface area (Å²) in [5.74, 6) is 0.318.